The molecule has 0 aliphatic heterocycles. The molecule has 0 atom stereocenters. The summed E-state index contributed by atoms with van der Waals surface area (Å²) in [4.78, 5) is 0. The molecule has 0 aromatic heterocycles. The third-order valence-electron chi connectivity index (χ3n) is 2.05. The van der Waals surface area contributed by atoms with Gasteiger partial charge in [0.25, 0.3) is 0 Å². The highest BCUT2D eigenvalue weighted by Crippen LogP contribution is 2.17. The van der Waals surface area contributed by atoms with Gasteiger partial charge in [0.1, 0.15) is 0 Å². The molecule has 2 aromatic carbocycles. The lowest BCUT2D eigenvalue weighted by Gasteiger charge is -2.01. The van der Waals surface area contributed by atoms with Crippen LogP contribution in [0.25, 0.3) is 10.8 Å². The molecule has 0 heterocycles. The largest absolute Gasteiger partial charge is 0.392 e. The third kappa shape index (κ3) is 3.67. The van der Waals surface area contributed by atoms with Crippen LogP contribution in [-0.4, -0.2) is 5.11 Å². The topological polar surface area (TPSA) is 20.2 Å². The molecule has 88 valence electrons. The second-order valence-corrected chi connectivity index (χ2v) is 2.80. The lowest BCUT2D eigenvalue weighted by atomic mass is 10.1. The van der Waals surface area contributed by atoms with Crippen molar-refractivity contribution in [2.24, 2.45) is 0 Å². The van der Waals surface area contributed by atoms with E-state index < -0.39 is 0 Å². The number of aliphatic hydroxyl groups is 1. The molecule has 1 N–H and O–H groups in total. The van der Waals surface area contributed by atoms with Gasteiger partial charge >= 0.3 is 0 Å². The lowest BCUT2D eigenvalue weighted by Crippen LogP contribution is -1.84. The molecule has 2 rings (SSSR count). The number of fused-ring (bicyclic) bond motifs is 1. The van der Waals surface area contributed by atoms with Crippen molar-refractivity contribution in [1.82, 2.24) is 0 Å². The molecular formula is C15H22O. The van der Waals surface area contributed by atoms with Gasteiger partial charge in [-0.15, -0.1) is 0 Å². The van der Waals surface area contributed by atoms with Crippen molar-refractivity contribution in [2.45, 2.75) is 34.3 Å². The Kier molecular flexibility index (Phi) is 8.18. The van der Waals surface area contributed by atoms with Gasteiger partial charge in [0.05, 0.1) is 6.61 Å². The Morgan fingerprint density at radius 1 is 0.812 bits per heavy atom. The van der Waals surface area contributed by atoms with E-state index in [0.717, 1.165) is 10.9 Å². The summed E-state index contributed by atoms with van der Waals surface area (Å²) in [6.07, 6.45) is 0. The van der Waals surface area contributed by atoms with E-state index in [1.54, 1.807) is 0 Å². The van der Waals surface area contributed by atoms with Crippen molar-refractivity contribution < 1.29 is 5.11 Å². The van der Waals surface area contributed by atoms with Crippen LogP contribution in [0.15, 0.2) is 42.5 Å². The fraction of sp³-hybridized carbons (Fsp3) is 0.333. The van der Waals surface area contributed by atoms with Crippen LogP contribution in [0.4, 0.5) is 0 Å². The molecule has 0 saturated heterocycles. The molecule has 16 heavy (non-hydrogen) atoms. The summed E-state index contributed by atoms with van der Waals surface area (Å²) in [6.45, 7) is 8.11. The van der Waals surface area contributed by atoms with Crippen molar-refractivity contribution in [1.29, 1.82) is 0 Å². The molecule has 0 bridgehead atoms. The first kappa shape index (κ1) is 14.7. The van der Waals surface area contributed by atoms with Crippen LogP contribution in [0.3, 0.4) is 0 Å². The van der Waals surface area contributed by atoms with Crippen LogP contribution in [0.5, 0.6) is 0 Å². The zero-order valence-electron chi connectivity index (χ0n) is 10.7. The van der Waals surface area contributed by atoms with Gasteiger partial charge in [-0.1, -0.05) is 70.2 Å². The summed E-state index contributed by atoms with van der Waals surface area (Å²) in [7, 11) is 0. The van der Waals surface area contributed by atoms with Gasteiger partial charge in [-0.3, -0.25) is 0 Å². The molecule has 0 aliphatic rings. The third-order valence-corrected chi connectivity index (χ3v) is 2.05. The summed E-state index contributed by atoms with van der Waals surface area (Å²) in [6, 6.07) is 14.0. The molecule has 0 fully saturated rings. The highest BCUT2D eigenvalue weighted by Gasteiger charge is 1.96. The van der Waals surface area contributed by atoms with Crippen LogP contribution in [0, 0.1) is 0 Å². The number of hydrogen-bond donors (Lipinski definition) is 1. The van der Waals surface area contributed by atoms with E-state index in [-0.39, 0.29) is 6.61 Å². The number of rotatable bonds is 1. The first-order chi connectivity index (χ1) is 7.92. The van der Waals surface area contributed by atoms with Crippen molar-refractivity contribution in [3.63, 3.8) is 0 Å². The highest BCUT2D eigenvalue weighted by atomic mass is 16.3. The van der Waals surface area contributed by atoms with Gasteiger partial charge in [0.15, 0.2) is 0 Å². The van der Waals surface area contributed by atoms with Gasteiger partial charge in [-0.25, -0.2) is 0 Å². The van der Waals surface area contributed by atoms with Gasteiger partial charge < -0.3 is 5.11 Å². The van der Waals surface area contributed by atoms with Crippen molar-refractivity contribution in [3.8, 4) is 0 Å². The van der Waals surface area contributed by atoms with Gasteiger partial charge in [-0.05, 0) is 16.3 Å². The minimum absolute atomic E-state index is 0.112. The first-order valence-corrected chi connectivity index (χ1v) is 5.99. The number of benzene rings is 2. The average molecular weight is 218 g/mol. The van der Waals surface area contributed by atoms with Crippen molar-refractivity contribution >= 4 is 10.8 Å². The van der Waals surface area contributed by atoms with E-state index in [1.165, 1.54) is 5.39 Å². The first-order valence-electron chi connectivity index (χ1n) is 5.99. The van der Waals surface area contributed by atoms with Crippen molar-refractivity contribution in [2.75, 3.05) is 0 Å². The maximum atomic E-state index is 9.04. The second kappa shape index (κ2) is 8.93. The van der Waals surface area contributed by atoms with E-state index in [0.29, 0.717) is 0 Å². The van der Waals surface area contributed by atoms with Gasteiger partial charge in [0, 0.05) is 0 Å². The Morgan fingerprint density at radius 2 is 1.38 bits per heavy atom. The van der Waals surface area contributed by atoms with E-state index >= 15 is 0 Å². The Bertz CT molecular complexity index is 388. The SMILES string of the molecule is CC.CC.OCc1cccc2ccccc12. The maximum Gasteiger partial charge on any atom is 0.0687 e. The molecule has 0 saturated carbocycles. The van der Waals surface area contributed by atoms with E-state index in [9.17, 15) is 0 Å². The molecule has 0 spiro atoms. The molecule has 1 heteroatoms. The van der Waals surface area contributed by atoms with Crippen molar-refractivity contribution in [3.05, 3.63) is 48.0 Å². The Balaban J connectivity index is 0.000000509. The molecular weight excluding hydrogens is 196 g/mol. The number of hydrogen-bond acceptors (Lipinski definition) is 1. The highest BCUT2D eigenvalue weighted by molar-refractivity contribution is 5.85. The van der Waals surface area contributed by atoms with Gasteiger partial charge in [-0.2, -0.15) is 0 Å². The summed E-state index contributed by atoms with van der Waals surface area (Å²) >= 11 is 0. The zero-order chi connectivity index (χ0) is 12.4. The predicted octanol–water partition coefficient (Wildman–Crippen LogP) is 4.38. The normalized spacial score (nSPS) is 8.56. The molecule has 0 radical (unpaired) electrons. The standard InChI is InChI=1S/C11H10O.2C2H6/c12-8-10-6-3-5-9-4-1-2-7-11(9)10;2*1-2/h1-7,12H,8H2;2*1-2H3. The predicted molar refractivity (Wildman–Crippen MR) is 72.6 cm³/mol. The summed E-state index contributed by atoms with van der Waals surface area (Å²) in [5.74, 6) is 0. The van der Waals surface area contributed by atoms with Crippen LogP contribution in [0.2, 0.25) is 0 Å². The zero-order valence-corrected chi connectivity index (χ0v) is 10.7. The minimum atomic E-state index is 0.112. The summed E-state index contributed by atoms with van der Waals surface area (Å²) in [5, 5.41) is 11.4. The van der Waals surface area contributed by atoms with Crippen LogP contribution in [0.1, 0.15) is 33.3 Å². The van der Waals surface area contributed by atoms with E-state index in [4.69, 9.17) is 5.11 Å². The Hall–Kier alpha value is -1.34. The van der Waals surface area contributed by atoms with Crippen LogP contribution in [-0.2, 0) is 6.61 Å². The van der Waals surface area contributed by atoms with E-state index in [2.05, 4.69) is 12.1 Å². The summed E-state index contributed by atoms with van der Waals surface area (Å²) in [5.41, 5.74) is 0.994. The monoisotopic (exact) mass is 218 g/mol. The average Bonchev–Trinajstić information content (AvgIpc) is 2.42. The molecule has 0 unspecified atom stereocenters. The molecule has 0 aliphatic carbocycles. The van der Waals surface area contributed by atoms with E-state index in [1.807, 2.05) is 58.0 Å². The second-order valence-electron chi connectivity index (χ2n) is 2.80. The fourth-order valence-corrected chi connectivity index (χ4v) is 1.43. The molecule has 2 aromatic rings. The Labute approximate surface area is 98.7 Å². The molecule has 0 amide bonds. The van der Waals surface area contributed by atoms with Crippen LogP contribution < -0.4 is 0 Å². The lowest BCUT2D eigenvalue weighted by molar-refractivity contribution is 0.283. The fourth-order valence-electron chi connectivity index (χ4n) is 1.43. The number of aliphatic hydroxyl groups excluding tert-OH is 1. The Morgan fingerprint density at radius 3 is 2.00 bits per heavy atom. The smallest absolute Gasteiger partial charge is 0.0687 e. The summed E-state index contributed by atoms with van der Waals surface area (Å²) < 4.78 is 0. The maximum absolute atomic E-state index is 9.04. The molecule has 1 nitrogen and oxygen atoms in total. The van der Waals surface area contributed by atoms with Crippen LogP contribution >= 0.6 is 0 Å². The quantitative estimate of drug-likeness (QED) is 0.753. The van der Waals surface area contributed by atoms with Gasteiger partial charge in [0.2, 0.25) is 0 Å². The minimum Gasteiger partial charge on any atom is -0.392 e.